The van der Waals surface area contributed by atoms with Gasteiger partial charge in [0.25, 0.3) is 0 Å². The second-order valence-corrected chi connectivity index (χ2v) is 3.44. The molecule has 0 aliphatic rings. The summed E-state index contributed by atoms with van der Waals surface area (Å²) in [5.74, 6) is 6.11. The van der Waals surface area contributed by atoms with Crippen molar-refractivity contribution < 1.29 is 4.74 Å². The van der Waals surface area contributed by atoms with Crippen molar-refractivity contribution >= 4 is 5.69 Å². The van der Waals surface area contributed by atoms with Gasteiger partial charge in [-0.3, -0.25) is 5.84 Å². The second kappa shape index (κ2) is 8.14. The molecule has 0 spiro atoms. The summed E-state index contributed by atoms with van der Waals surface area (Å²) in [6.45, 7) is 4.58. The molecule has 0 amide bonds. The third-order valence-corrected chi connectivity index (χ3v) is 2.27. The van der Waals surface area contributed by atoms with Crippen molar-refractivity contribution in [3.8, 4) is 5.75 Å². The molecule has 3 nitrogen and oxygen atoms in total. The lowest BCUT2D eigenvalue weighted by atomic mass is 10.2. The van der Waals surface area contributed by atoms with E-state index >= 15 is 0 Å². The van der Waals surface area contributed by atoms with Crippen LogP contribution in [0.3, 0.4) is 0 Å². The van der Waals surface area contributed by atoms with Crippen molar-refractivity contribution in [3.05, 3.63) is 60.2 Å². The minimum atomic E-state index is 0.580. The van der Waals surface area contributed by atoms with E-state index in [1.54, 1.807) is 0 Å². The molecule has 2 rings (SSSR count). The SMILES string of the molecule is CC.NNc1ccc(OCc2ccccc2)cc1. The van der Waals surface area contributed by atoms with E-state index in [2.05, 4.69) is 5.43 Å². The van der Waals surface area contributed by atoms with Crippen molar-refractivity contribution in [3.63, 3.8) is 0 Å². The standard InChI is InChI=1S/C13H14N2O.C2H6/c14-15-12-6-8-13(9-7-12)16-10-11-4-2-1-3-5-11;1-2/h1-9,15H,10,14H2;1-2H3. The molecule has 18 heavy (non-hydrogen) atoms. The van der Waals surface area contributed by atoms with Gasteiger partial charge in [-0.15, -0.1) is 0 Å². The topological polar surface area (TPSA) is 47.3 Å². The lowest BCUT2D eigenvalue weighted by molar-refractivity contribution is 0.306. The summed E-state index contributed by atoms with van der Waals surface area (Å²) in [6, 6.07) is 17.6. The minimum Gasteiger partial charge on any atom is -0.489 e. The highest BCUT2D eigenvalue weighted by atomic mass is 16.5. The van der Waals surface area contributed by atoms with Crippen LogP contribution in [-0.4, -0.2) is 0 Å². The molecular formula is C15H20N2O. The molecule has 0 aliphatic heterocycles. The quantitative estimate of drug-likeness (QED) is 0.638. The number of benzene rings is 2. The zero-order valence-electron chi connectivity index (χ0n) is 10.9. The summed E-state index contributed by atoms with van der Waals surface area (Å²) in [7, 11) is 0. The van der Waals surface area contributed by atoms with Crippen LogP contribution in [0.5, 0.6) is 5.75 Å². The van der Waals surface area contributed by atoms with Crippen LogP contribution in [-0.2, 0) is 6.61 Å². The van der Waals surface area contributed by atoms with Crippen molar-refractivity contribution in [1.82, 2.24) is 0 Å². The Balaban J connectivity index is 0.000000771. The van der Waals surface area contributed by atoms with Gasteiger partial charge in [-0.2, -0.15) is 0 Å². The highest BCUT2D eigenvalue weighted by molar-refractivity contribution is 5.45. The fourth-order valence-corrected chi connectivity index (χ4v) is 1.39. The number of hydrazine groups is 1. The predicted molar refractivity (Wildman–Crippen MR) is 76.4 cm³/mol. The fourth-order valence-electron chi connectivity index (χ4n) is 1.39. The first-order chi connectivity index (χ1) is 8.88. The maximum absolute atomic E-state index is 5.62. The van der Waals surface area contributed by atoms with Crippen LogP contribution in [0.4, 0.5) is 5.69 Å². The van der Waals surface area contributed by atoms with Crippen molar-refractivity contribution in [2.24, 2.45) is 5.84 Å². The van der Waals surface area contributed by atoms with Gasteiger partial charge in [0.15, 0.2) is 0 Å². The van der Waals surface area contributed by atoms with E-state index in [1.165, 1.54) is 0 Å². The van der Waals surface area contributed by atoms with Gasteiger partial charge in [0.05, 0.1) is 0 Å². The normalized spacial score (nSPS) is 9.06. The largest absolute Gasteiger partial charge is 0.489 e. The molecular weight excluding hydrogens is 224 g/mol. The molecule has 3 heteroatoms. The number of anilines is 1. The fraction of sp³-hybridized carbons (Fsp3) is 0.200. The minimum absolute atomic E-state index is 0.580. The number of nitrogen functional groups attached to an aromatic ring is 1. The van der Waals surface area contributed by atoms with E-state index in [9.17, 15) is 0 Å². The maximum Gasteiger partial charge on any atom is 0.119 e. The average molecular weight is 244 g/mol. The van der Waals surface area contributed by atoms with Crippen LogP contribution in [0.25, 0.3) is 0 Å². The predicted octanol–water partition coefficient (Wildman–Crippen LogP) is 3.58. The van der Waals surface area contributed by atoms with Crippen molar-refractivity contribution in [2.75, 3.05) is 5.43 Å². The molecule has 0 saturated carbocycles. The first kappa shape index (κ1) is 14.1. The van der Waals surface area contributed by atoms with Gasteiger partial charge in [-0.25, -0.2) is 0 Å². The summed E-state index contributed by atoms with van der Waals surface area (Å²) in [6.07, 6.45) is 0. The molecule has 0 radical (unpaired) electrons. The zero-order chi connectivity index (χ0) is 13.2. The van der Waals surface area contributed by atoms with Gasteiger partial charge < -0.3 is 10.2 Å². The van der Waals surface area contributed by atoms with Gasteiger partial charge in [0, 0.05) is 5.69 Å². The summed E-state index contributed by atoms with van der Waals surface area (Å²) in [5.41, 5.74) is 4.60. The van der Waals surface area contributed by atoms with E-state index in [4.69, 9.17) is 10.6 Å². The second-order valence-electron chi connectivity index (χ2n) is 3.44. The number of rotatable bonds is 4. The monoisotopic (exact) mass is 244 g/mol. The number of nitrogens with two attached hydrogens (primary N) is 1. The van der Waals surface area contributed by atoms with Crippen LogP contribution in [0.2, 0.25) is 0 Å². The van der Waals surface area contributed by atoms with E-state index in [-0.39, 0.29) is 0 Å². The van der Waals surface area contributed by atoms with Gasteiger partial charge >= 0.3 is 0 Å². The molecule has 0 atom stereocenters. The molecule has 2 aromatic rings. The smallest absolute Gasteiger partial charge is 0.119 e. The summed E-state index contributed by atoms with van der Waals surface area (Å²) >= 11 is 0. The van der Waals surface area contributed by atoms with E-state index in [0.717, 1.165) is 17.0 Å². The van der Waals surface area contributed by atoms with Crippen LogP contribution >= 0.6 is 0 Å². The van der Waals surface area contributed by atoms with Gasteiger partial charge in [-0.1, -0.05) is 44.2 Å². The zero-order valence-corrected chi connectivity index (χ0v) is 10.9. The van der Waals surface area contributed by atoms with Crippen LogP contribution < -0.4 is 16.0 Å². The summed E-state index contributed by atoms with van der Waals surface area (Å²) in [5, 5.41) is 0. The Morgan fingerprint density at radius 3 is 2.11 bits per heavy atom. The van der Waals surface area contributed by atoms with E-state index in [1.807, 2.05) is 68.4 Å². The third kappa shape index (κ3) is 4.47. The van der Waals surface area contributed by atoms with E-state index < -0.39 is 0 Å². The Hall–Kier alpha value is -2.00. The molecule has 0 heterocycles. The number of hydrogen-bond donors (Lipinski definition) is 2. The summed E-state index contributed by atoms with van der Waals surface area (Å²) in [4.78, 5) is 0. The molecule has 3 N–H and O–H groups in total. The Kier molecular flexibility index (Phi) is 6.36. The van der Waals surface area contributed by atoms with Gasteiger partial charge in [0.2, 0.25) is 0 Å². The van der Waals surface area contributed by atoms with Gasteiger partial charge in [-0.05, 0) is 29.8 Å². The molecule has 0 aromatic heterocycles. The highest BCUT2D eigenvalue weighted by Gasteiger charge is 1.95. The van der Waals surface area contributed by atoms with Crippen LogP contribution in [0.1, 0.15) is 19.4 Å². The molecule has 0 saturated heterocycles. The van der Waals surface area contributed by atoms with Crippen LogP contribution in [0.15, 0.2) is 54.6 Å². The lowest BCUT2D eigenvalue weighted by Gasteiger charge is -2.06. The first-order valence-corrected chi connectivity index (χ1v) is 6.12. The average Bonchev–Trinajstić information content (AvgIpc) is 2.49. The molecule has 0 unspecified atom stereocenters. The lowest BCUT2D eigenvalue weighted by Crippen LogP contribution is -2.06. The number of ether oxygens (including phenoxy) is 1. The van der Waals surface area contributed by atoms with Crippen molar-refractivity contribution in [2.45, 2.75) is 20.5 Å². The maximum atomic E-state index is 5.62. The van der Waals surface area contributed by atoms with E-state index in [0.29, 0.717) is 6.61 Å². The molecule has 0 fully saturated rings. The summed E-state index contributed by atoms with van der Waals surface area (Å²) < 4.78 is 5.62. The molecule has 0 bridgehead atoms. The molecule has 2 aromatic carbocycles. The Morgan fingerprint density at radius 1 is 0.944 bits per heavy atom. The van der Waals surface area contributed by atoms with Crippen LogP contribution in [0, 0.1) is 0 Å². The third-order valence-electron chi connectivity index (χ3n) is 2.27. The Labute approximate surface area is 109 Å². The first-order valence-electron chi connectivity index (χ1n) is 6.12. The Bertz CT molecular complexity index is 426. The highest BCUT2D eigenvalue weighted by Crippen LogP contribution is 2.16. The molecule has 0 aliphatic carbocycles. The van der Waals surface area contributed by atoms with Crippen molar-refractivity contribution in [1.29, 1.82) is 0 Å². The number of nitrogens with one attached hydrogen (secondary N) is 1. The van der Waals surface area contributed by atoms with Gasteiger partial charge in [0.1, 0.15) is 12.4 Å². The number of hydrogen-bond acceptors (Lipinski definition) is 3. The molecule has 96 valence electrons. The Morgan fingerprint density at radius 2 is 1.56 bits per heavy atom.